The molecule has 0 aliphatic carbocycles. The van der Waals surface area contributed by atoms with Gasteiger partial charge in [0.05, 0.1) is 35.1 Å². The quantitative estimate of drug-likeness (QED) is 0.506. The molecule has 174 valence electrons. The van der Waals surface area contributed by atoms with Gasteiger partial charge in [0, 0.05) is 5.02 Å². The lowest BCUT2D eigenvalue weighted by atomic mass is 9.96. The number of benzene rings is 2. The number of thiazole rings is 1. The molecule has 0 N–H and O–H groups in total. The molecule has 2 aromatic carbocycles. The van der Waals surface area contributed by atoms with E-state index >= 15 is 0 Å². The van der Waals surface area contributed by atoms with Crippen LogP contribution in [0.25, 0.3) is 6.08 Å². The highest BCUT2D eigenvalue weighted by Crippen LogP contribution is 2.34. The maximum atomic E-state index is 13.6. The van der Waals surface area contributed by atoms with E-state index in [1.807, 2.05) is 0 Å². The Bertz CT molecular complexity index is 1480. The fourth-order valence-corrected chi connectivity index (χ4v) is 5.05. The van der Waals surface area contributed by atoms with Crippen LogP contribution in [0.15, 0.2) is 69.6 Å². The molecule has 0 bridgehead atoms. The normalized spacial score (nSPS) is 15.5. The molecular formula is C25H21ClN2O5S. The van der Waals surface area contributed by atoms with Gasteiger partial charge in [-0.15, -0.1) is 0 Å². The summed E-state index contributed by atoms with van der Waals surface area (Å²) in [6.07, 6.45) is 1.72. The molecule has 3 aromatic rings. The number of halogens is 1. The molecule has 1 aliphatic rings. The van der Waals surface area contributed by atoms with Crippen LogP contribution in [0.5, 0.6) is 0 Å². The second-order valence-electron chi connectivity index (χ2n) is 7.44. The van der Waals surface area contributed by atoms with E-state index < -0.39 is 18.0 Å². The Morgan fingerprint density at radius 3 is 2.50 bits per heavy atom. The van der Waals surface area contributed by atoms with E-state index in [9.17, 15) is 14.4 Å². The zero-order chi connectivity index (χ0) is 24.4. The van der Waals surface area contributed by atoms with Crippen LogP contribution in [0.2, 0.25) is 5.02 Å². The molecule has 7 nitrogen and oxygen atoms in total. The number of carbonyl (C=O) groups excluding carboxylic acids is 2. The number of hydrogen-bond acceptors (Lipinski definition) is 7. The summed E-state index contributed by atoms with van der Waals surface area (Å²) in [5.74, 6) is -0.978. The Morgan fingerprint density at radius 1 is 1.15 bits per heavy atom. The van der Waals surface area contributed by atoms with E-state index in [1.54, 1.807) is 68.5 Å². The highest BCUT2D eigenvalue weighted by Gasteiger charge is 2.34. The van der Waals surface area contributed by atoms with E-state index in [0.29, 0.717) is 31.2 Å². The summed E-state index contributed by atoms with van der Waals surface area (Å²) in [7, 11) is 1.32. The van der Waals surface area contributed by atoms with Gasteiger partial charge in [0.25, 0.3) is 5.56 Å². The molecule has 2 heterocycles. The van der Waals surface area contributed by atoms with E-state index in [4.69, 9.17) is 21.1 Å². The number of aromatic nitrogens is 1. The fraction of sp³-hybridized carbons (Fsp3) is 0.200. The summed E-state index contributed by atoms with van der Waals surface area (Å²) < 4.78 is 11.9. The molecular weight excluding hydrogens is 476 g/mol. The minimum absolute atomic E-state index is 0.191. The largest absolute Gasteiger partial charge is 0.465 e. The Morgan fingerprint density at radius 2 is 1.85 bits per heavy atom. The third-order valence-corrected chi connectivity index (χ3v) is 6.67. The van der Waals surface area contributed by atoms with Crippen molar-refractivity contribution in [1.29, 1.82) is 0 Å². The van der Waals surface area contributed by atoms with Crippen LogP contribution in [0.1, 0.15) is 41.4 Å². The lowest BCUT2D eigenvalue weighted by Crippen LogP contribution is -2.40. The summed E-state index contributed by atoms with van der Waals surface area (Å²) in [5, 5.41) is 0.428. The highest BCUT2D eigenvalue weighted by molar-refractivity contribution is 7.07. The maximum absolute atomic E-state index is 13.6. The topological polar surface area (TPSA) is 87.0 Å². The predicted molar refractivity (Wildman–Crippen MR) is 130 cm³/mol. The molecule has 0 saturated carbocycles. The number of nitrogens with zero attached hydrogens (tertiary/aromatic N) is 2. The predicted octanol–water partition coefficient (Wildman–Crippen LogP) is 3.24. The van der Waals surface area contributed by atoms with Gasteiger partial charge in [-0.1, -0.05) is 53.3 Å². The van der Waals surface area contributed by atoms with Crippen molar-refractivity contribution in [2.24, 2.45) is 4.99 Å². The molecule has 0 radical (unpaired) electrons. The van der Waals surface area contributed by atoms with Crippen LogP contribution in [-0.2, 0) is 14.3 Å². The van der Waals surface area contributed by atoms with Crippen LogP contribution in [0.3, 0.4) is 0 Å². The molecule has 1 aliphatic heterocycles. The Balaban J connectivity index is 1.90. The smallest absolute Gasteiger partial charge is 0.338 e. The fourth-order valence-electron chi connectivity index (χ4n) is 3.77. The summed E-state index contributed by atoms with van der Waals surface area (Å²) >= 11 is 7.71. The monoisotopic (exact) mass is 496 g/mol. The average Bonchev–Trinajstić information content (AvgIpc) is 3.13. The number of methoxy groups -OCH3 is 1. The summed E-state index contributed by atoms with van der Waals surface area (Å²) in [6, 6.07) is 13.0. The summed E-state index contributed by atoms with van der Waals surface area (Å²) in [5.41, 5.74) is 2.19. The third kappa shape index (κ3) is 4.34. The van der Waals surface area contributed by atoms with E-state index in [1.165, 1.54) is 23.0 Å². The van der Waals surface area contributed by atoms with Crippen molar-refractivity contribution in [2.75, 3.05) is 13.7 Å². The van der Waals surface area contributed by atoms with Gasteiger partial charge in [0.1, 0.15) is 6.04 Å². The van der Waals surface area contributed by atoms with E-state index in [-0.39, 0.29) is 17.7 Å². The molecule has 0 saturated heterocycles. The van der Waals surface area contributed by atoms with Gasteiger partial charge in [-0.05, 0) is 49.2 Å². The van der Waals surface area contributed by atoms with Crippen LogP contribution in [-0.4, -0.2) is 30.2 Å². The SMILES string of the molecule is CCOC(=O)C1=C(C)N=c2sc(=Cc3ccc(C(=O)OC)cc3)c(=O)n2C1c1ccccc1Cl. The molecule has 9 heteroatoms. The molecule has 1 atom stereocenters. The lowest BCUT2D eigenvalue weighted by Gasteiger charge is -2.25. The van der Waals surface area contributed by atoms with Crippen molar-refractivity contribution in [3.05, 3.63) is 101 Å². The van der Waals surface area contributed by atoms with Crippen molar-refractivity contribution in [3.63, 3.8) is 0 Å². The number of esters is 2. The minimum atomic E-state index is -0.771. The third-order valence-electron chi connectivity index (χ3n) is 5.35. The van der Waals surface area contributed by atoms with Crippen molar-refractivity contribution in [2.45, 2.75) is 19.9 Å². The van der Waals surface area contributed by atoms with Gasteiger partial charge in [-0.3, -0.25) is 9.36 Å². The van der Waals surface area contributed by atoms with Crippen molar-refractivity contribution in [3.8, 4) is 0 Å². The molecule has 1 unspecified atom stereocenters. The van der Waals surface area contributed by atoms with Crippen molar-refractivity contribution in [1.82, 2.24) is 4.57 Å². The van der Waals surface area contributed by atoms with Crippen molar-refractivity contribution >= 4 is 41.0 Å². The van der Waals surface area contributed by atoms with Crippen LogP contribution >= 0.6 is 22.9 Å². The average molecular weight is 497 g/mol. The van der Waals surface area contributed by atoms with Gasteiger partial charge in [0.15, 0.2) is 4.80 Å². The zero-order valence-corrected chi connectivity index (χ0v) is 20.3. The first-order valence-electron chi connectivity index (χ1n) is 10.5. The zero-order valence-electron chi connectivity index (χ0n) is 18.7. The second kappa shape index (κ2) is 9.79. The van der Waals surface area contributed by atoms with Gasteiger partial charge in [0.2, 0.25) is 0 Å². The van der Waals surface area contributed by atoms with E-state index in [0.717, 1.165) is 5.56 Å². The number of carbonyl (C=O) groups is 2. The van der Waals surface area contributed by atoms with Gasteiger partial charge < -0.3 is 9.47 Å². The van der Waals surface area contributed by atoms with Crippen molar-refractivity contribution < 1.29 is 19.1 Å². The van der Waals surface area contributed by atoms with Gasteiger partial charge in [-0.25, -0.2) is 14.6 Å². The number of rotatable bonds is 5. The minimum Gasteiger partial charge on any atom is -0.465 e. The molecule has 0 fully saturated rings. The number of fused-ring (bicyclic) bond motifs is 1. The highest BCUT2D eigenvalue weighted by atomic mass is 35.5. The van der Waals surface area contributed by atoms with E-state index in [2.05, 4.69) is 4.99 Å². The van der Waals surface area contributed by atoms with Gasteiger partial charge in [-0.2, -0.15) is 0 Å². The van der Waals surface area contributed by atoms with Gasteiger partial charge >= 0.3 is 11.9 Å². The molecule has 0 spiro atoms. The maximum Gasteiger partial charge on any atom is 0.338 e. The second-order valence-corrected chi connectivity index (χ2v) is 8.85. The molecule has 4 rings (SSSR count). The Hall–Kier alpha value is -3.49. The first-order valence-corrected chi connectivity index (χ1v) is 11.7. The Kier molecular flexibility index (Phi) is 6.81. The summed E-state index contributed by atoms with van der Waals surface area (Å²) in [4.78, 5) is 43.1. The number of allylic oxidation sites excluding steroid dienone is 1. The van der Waals surface area contributed by atoms with Crippen LogP contribution in [0.4, 0.5) is 0 Å². The van der Waals surface area contributed by atoms with Crippen LogP contribution < -0.4 is 14.9 Å². The standard InChI is InChI=1S/C25H21ClN2O5S/c1-4-33-24(31)20-14(2)27-25-28(21(20)17-7-5-6-8-18(17)26)22(29)19(34-25)13-15-9-11-16(12-10-15)23(30)32-3/h5-13,21H,4H2,1-3H3. The molecule has 0 amide bonds. The molecule has 1 aromatic heterocycles. The summed E-state index contributed by atoms with van der Waals surface area (Å²) in [6.45, 7) is 3.63. The molecule has 34 heavy (non-hydrogen) atoms. The number of hydrogen-bond donors (Lipinski definition) is 0. The first-order chi connectivity index (χ1) is 16.3. The Labute approximate surface area is 204 Å². The van der Waals surface area contributed by atoms with Crippen LogP contribution in [0, 0.1) is 0 Å². The number of ether oxygens (including phenoxy) is 2. The first kappa shape index (κ1) is 23.7. The lowest BCUT2D eigenvalue weighted by molar-refractivity contribution is -0.139.